The Bertz CT molecular complexity index is 1430. The Labute approximate surface area is 224 Å². The number of hydrogen-bond donors (Lipinski definition) is 2. The SMILES string of the molecule is Cc1ccc(-n2nc(-c3ccccc3)cc2NC(=O)CN(CC(C)C)C(=O)Nc2ccccc2C)c(C)c1. The minimum atomic E-state index is -0.309. The molecule has 3 aromatic carbocycles. The summed E-state index contributed by atoms with van der Waals surface area (Å²) in [6.45, 7) is 10.4. The Morgan fingerprint density at radius 3 is 2.26 bits per heavy atom. The van der Waals surface area contributed by atoms with E-state index in [1.807, 2.05) is 107 Å². The number of nitrogens with one attached hydrogen (secondary N) is 2. The van der Waals surface area contributed by atoms with E-state index in [2.05, 4.69) is 16.7 Å². The lowest BCUT2D eigenvalue weighted by Gasteiger charge is -2.25. The van der Waals surface area contributed by atoms with Gasteiger partial charge >= 0.3 is 6.03 Å². The summed E-state index contributed by atoms with van der Waals surface area (Å²) in [7, 11) is 0. The van der Waals surface area contributed by atoms with Crippen molar-refractivity contribution in [2.24, 2.45) is 5.92 Å². The minimum Gasteiger partial charge on any atom is -0.315 e. The first-order chi connectivity index (χ1) is 18.2. The first-order valence-corrected chi connectivity index (χ1v) is 12.9. The van der Waals surface area contributed by atoms with Crippen LogP contribution in [0.5, 0.6) is 0 Å². The van der Waals surface area contributed by atoms with Crippen molar-refractivity contribution in [3.8, 4) is 16.9 Å². The number of aromatic nitrogens is 2. The highest BCUT2D eigenvalue weighted by molar-refractivity contribution is 5.97. The largest absolute Gasteiger partial charge is 0.322 e. The van der Waals surface area contributed by atoms with E-state index in [0.717, 1.165) is 39.3 Å². The maximum Gasteiger partial charge on any atom is 0.322 e. The molecule has 2 N–H and O–H groups in total. The van der Waals surface area contributed by atoms with Crippen molar-refractivity contribution < 1.29 is 9.59 Å². The predicted molar refractivity (Wildman–Crippen MR) is 154 cm³/mol. The van der Waals surface area contributed by atoms with Gasteiger partial charge in [0.05, 0.1) is 11.4 Å². The van der Waals surface area contributed by atoms with Crippen LogP contribution in [-0.4, -0.2) is 39.7 Å². The van der Waals surface area contributed by atoms with Gasteiger partial charge in [0.15, 0.2) is 0 Å². The molecular formula is C31H35N5O2. The van der Waals surface area contributed by atoms with Gasteiger partial charge in [-0.25, -0.2) is 9.48 Å². The van der Waals surface area contributed by atoms with Gasteiger partial charge in [-0.3, -0.25) is 4.79 Å². The zero-order valence-corrected chi connectivity index (χ0v) is 22.7. The zero-order valence-electron chi connectivity index (χ0n) is 22.7. The van der Waals surface area contributed by atoms with Crippen LogP contribution in [0.1, 0.15) is 30.5 Å². The molecule has 3 amide bonds. The lowest BCUT2D eigenvalue weighted by atomic mass is 10.1. The predicted octanol–water partition coefficient (Wildman–Crippen LogP) is 6.59. The Kier molecular flexibility index (Phi) is 8.26. The van der Waals surface area contributed by atoms with Crippen molar-refractivity contribution in [1.29, 1.82) is 0 Å². The van der Waals surface area contributed by atoms with Crippen LogP contribution >= 0.6 is 0 Å². The Hall–Kier alpha value is -4.39. The monoisotopic (exact) mass is 509 g/mol. The molecule has 7 heteroatoms. The van der Waals surface area contributed by atoms with Gasteiger partial charge in [-0.15, -0.1) is 0 Å². The lowest BCUT2D eigenvalue weighted by Crippen LogP contribution is -2.42. The molecule has 196 valence electrons. The highest BCUT2D eigenvalue weighted by Crippen LogP contribution is 2.27. The average Bonchev–Trinajstić information content (AvgIpc) is 3.28. The van der Waals surface area contributed by atoms with E-state index in [1.54, 1.807) is 9.58 Å². The molecule has 0 spiro atoms. The molecule has 4 rings (SSSR count). The van der Waals surface area contributed by atoms with E-state index in [-0.39, 0.29) is 24.4 Å². The van der Waals surface area contributed by atoms with E-state index < -0.39 is 0 Å². The molecule has 0 aliphatic heterocycles. The summed E-state index contributed by atoms with van der Waals surface area (Å²) < 4.78 is 1.76. The minimum absolute atomic E-state index is 0.0887. The second kappa shape index (κ2) is 11.8. The summed E-state index contributed by atoms with van der Waals surface area (Å²) in [6.07, 6.45) is 0. The molecule has 0 radical (unpaired) electrons. The standard InChI is InChI=1S/C31H35N5O2/c1-21(2)19-35(31(38)32-26-14-10-9-11-23(26)4)20-30(37)33-29-18-27(25-12-7-6-8-13-25)34-36(29)28-16-15-22(3)17-24(28)5/h6-18,21H,19-20H2,1-5H3,(H,32,38)(H,33,37). The topological polar surface area (TPSA) is 79.3 Å². The summed E-state index contributed by atoms with van der Waals surface area (Å²) in [5.41, 5.74) is 6.46. The molecule has 7 nitrogen and oxygen atoms in total. The average molecular weight is 510 g/mol. The smallest absolute Gasteiger partial charge is 0.315 e. The molecule has 0 aliphatic carbocycles. The van der Waals surface area contributed by atoms with Crippen molar-refractivity contribution >= 4 is 23.4 Å². The third-order valence-electron chi connectivity index (χ3n) is 6.22. The summed E-state index contributed by atoms with van der Waals surface area (Å²) in [4.78, 5) is 28.0. The number of carbonyl (C=O) groups excluding carboxylic acids is 2. The van der Waals surface area contributed by atoms with Crippen molar-refractivity contribution in [2.45, 2.75) is 34.6 Å². The van der Waals surface area contributed by atoms with E-state index in [9.17, 15) is 9.59 Å². The molecule has 1 aromatic heterocycles. The second-order valence-corrected chi connectivity index (χ2v) is 10.1. The number of hydrogen-bond acceptors (Lipinski definition) is 3. The molecule has 0 saturated heterocycles. The lowest BCUT2D eigenvalue weighted by molar-refractivity contribution is -0.116. The third-order valence-corrected chi connectivity index (χ3v) is 6.22. The maximum absolute atomic E-state index is 13.3. The van der Waals surface area contributed by atoms with Crippen LogP contribution in [0.3, 0.4) is 0 Å². The molecular weight excluding hydrogens is 474 g/mol. The second-order valence-electron chi connectivity index (χ2n) is 10.1. The summed E-state index contributed by atoms with van der Waals surface area (Å²) in [5.74, 6) is 0.441. The van der Waals surface area contributed by atoms with Gasteiger partial charge < -0.3 is 15.5 Å². The van der Waals surface area contributed by atoms with Crippen molar-refractivity contribution in [2.75, 3.05) is 23.7 Å². The van der Waals surface area contributed by atoms with Crippen LogP contribution < -0.4 is 10.6 Å². The molecule has 0 saturated carbocycles. The highest BCUT2D eigenvalue weighted by atomic mass is 16.2. The van der Waals surface area contributed by atoms with Crippen LogP contribution in [0, 0.1) is 26.7 Å². The van der Waals surface area contributed by atoms with E-state index in [1.165, 1.54) is 0 Å². The fourth-order valence-corrected chi connectivity index (χ4v) is 4.37. The first-order valence-electron chi connectivity index (χ1n) is 12.9. The number of nitrogens with zero attached hydrogens (tertiary/aromatic N) is 3. The van der Waals surface area contributed by atoms with E-state index in [4.69, 9.17) is 5.10 Å². The molecule has 4 aromatic rings. The number of amides is 3. The van der Waals surface area contributed by atoms with Crippen molar-refractivity contribution in [3.05, 3.63) is 95.6 Å². The van der Waals surface area contributed by atoms with Gasteiger partial charge in [0.1, 0.15) is 12.4 Å². The molecule has 0 bridgehead atoms. The summed E-state index contributed by atoms with van der Waals surface area (Å²) in [6, 6.07) is 25.1. The summed E-state index contributed by atoms with van der Waals surface area (Å²) in [5, 5.41) is 10.8. The fraction of sp³-hybridized carbons (Fsp3) is 0.258. The Morgan fingerprint density at radius 1 is 0.868 bits per heavy atom. The number of para-hydroxylation sites is 1. The maximum atomic E-state index is 13.3. The molecule has 1 heterocycles. The fourth-order valence-electron chi connectivity index (χ4n) is 4.37. The number of benzene rings is 3. The quantitative estimate of drug-likeness (QED) is 0.281. The van der Waals surface area contributed by atoms with Gasteiger partial charge in [0.25, 0.3) is 0 Å². The van der Waals surface area contributed by atoms with Gasteiger partial charge in [0.2, 0.25) is 5.91 Å². The van der Waals surface area contributed by atoms with E-state index >= 15 is 0 Å². The van der Waals surface area contributed by atoms with Crippen LogP contribution in [-0.2, 0) is 4.79 Å². The number of anilines is 2. The molecule has 0 aliphatic rings. The highest BCUT2D eigenvalue weighted by Gasteiger charge is 2.21. The van der Waals surface area contributed by atoms with Crippen molar-refractivity contribution in [1.82, 2.24) is 14.7 Å². The number of carbonyl (C=O) groups is 2. The molecule has 0 fully saturated rings. The van der Waals surface area contributed by atoms with Crippen LogP contribution in [0.2, 0.25) is 0 Å². The normalized spacial score (nSPS) is 10.9. The van der Waals surface area contributed by atoms with Crippen molar-refractivity contribution in [3.63, 3.8) is 0 Å². The number of aryl methyl sites for hydroxylation is 3. The number of urea groups is 1. The van der Waals surface area contributed by atoms with Gasteiger partial charge in [-0.1, -0.05) is 80.1 Å². The van der Waals surface area contributed by atoms with E-state index in [0.29, 0.717) is 12.4 Å². The zero-order chi connectivity index (χ0) is 27.2. The molecule has 38 heavy (non-hydrogen) atoms. The van der Waals surface area contributed by atoms with Gasteiger partial charge in [-0.05, 0) is 49.9 Å². The number of rotatable bonds is 8. The van der Waals surface area contributed by atoms with Gasteiger partial charge in [0, 0.05) is 23.9 Å². The van der Waals surface area contributed by atoms with Crippen LogP contribution in [0.25, 0.3) is 16.9 Å². The third kappa shape index (κ3) is 6.48. The van der Waals surface area contributed by atoms with Crippen LogP contribution in [0.4, 0.5) is 16.3 Å². The summed E-state index contributed by atoms with van der Waals surface area (Å²) >= 11 is 0. The van der Waals surface area contributed by atoms with Crippen LogP contribution in [0.15, 0.2) is 78.9 Å². The molecule has 0 unspecified atom stereocenters. The Balaban J connectivity index is 1.60. The van der Waals surface area contributed by atoms with Gasteiger partial charge in [-0.2, -0.15) is 5.10 Å². The Morgan fingerprint density at radius 2 is 1.58 bits per heavy atom. The first kappa shape index (κ1) is 26.7. The molecule has 0 atom stereocenters.